The van der Waals surface area contributed by atoms with Crippen LogP contribution in [0.5, 0.6) is 0 Å². The molecule has 0 aliphatic heterocycles. The summed E-state index contributed by atoms with van der Waals surface area (Å²) in [5, 5.41) is 0. The van der Waals surface area contributed by atoms with E-state index in [4.69, 9.17) is 11.9 Å². The van der Waals surface area contributed by atoms with Gasteiger partial charge in [-0.15, -0.1) is 0 Å². The molecule has 0 heterocycles. The summed E-state index contributed by atoms with van der Waals surface area (Å²) in [5.74, 6) is -1.16. The van der Waals surface area contributed by atoms with Crippen LogP contribution in [0.4, 0.5) is 8.78 Å². The summed E-state index contributed by atoms with van der Waals surface area (Å²) in [5.41, 5.74) is 0.556. The van der Waals surface area contributed by atoms with E-state index >= 15 is 0 Å². The SMILES string of the molecule is CC(C)CCC(C)C1=C(F)C(F)=C(OCl)CC1. The lowest BCUT2D eigenvalue weighted by Gasteiger charge is -2.21. The molecule has 17 heavy (non-hydrogen) atoms. The van der Waals surface area contributed by atoms with E-state index in [1.165, 1.54) is 0 Å². The maximum absolute atomic E-state index is 13.8. The normalized spacial score (nSPS) is 19.0. The summed E-state index contributed by atoms with van der Waals surface area (Å²) in [4.78, 5) is 0. The summed E-state index contributed by atoms with van der Waals surface area (Å²) < 4.78 is 31.6. The van der Waals surface area contributed by atoms with Crippen LogP contribution in [-0.2, 0) is 4.29 Å². The molecule has 0 fully saturated rings. The van der Waals surface area contributed by atoms with Crippen LogP contribution < -0.4 is 0 Å². The van der Waals surface area contributed by atoms with Gasteiger partial charge in [0.2, 0.25) is 0 Å². The summed E-state index contributed by atoms with van der Waals surface area (Å²) in [6.45, 7) is 6.19. The molecule has 1 atom stereocenters. The third-order valence-corrected chi connectivity index (χ3v) is 3.39. The van der Waals surface area contributed by atoms with E-state index < -0.39 is 11.7 Å². The van der Waals surface area contributed by atoms with Crippen LogP contribution in [0.1, 0.15) is 46.5 Å². The standard InChI is InChI=1S/C13H19ClF2O/c1-8(2)4-5-9(3)10-6-7-11(17-14)13(16)12(10)15/h8-9H,4-7H2,1-3H3. The van der Waals surface area contributed by atoms with Crippen LogP contribution in [0.2, 0.25) is 0 Å². The molecule has 1 rings (SSSR count). The molecular weight excluding hydrogens is 246 g/mol. The predicted octanol–water partition coefficient (Wildman–Crippen LogP) is 5.43. The maximum atomic E-state index is 13.8. The van der Waals surface area contributed by atoms with Crippen LogP contribution in [0.25, 0.3) is 0 Å². The lowest BCUT2D eigenvalue weighted by atomic mass is 9.87. The maximum Gasteiger partial charge on any atom is 0.198 e. The summed E-state index contributed by atoms with van der Waals surface area (Å²) in [6.07, 6.45) is 2.72. The summed E-state index contributed by atoms with van der Waals surface area (Å²) >= 11 is 5.08. The minimum absolute atomic E-state index is 0.0695. The van der Waals surface area contributed by atoms with E-state index in [9.17, 15) is 8.78 Å². The lowest BCUT2D eigenvalue weighted by Crippen LogP contribution is -2.09. The van der Waals surface area contributed by atoms with Gasteiger partial charge < -0.3 is 4.29 Å². The number of rotatable bonds is 5. The number of allylic oxidation sites excluding steroid dienone is 4. The molecule has 0 spiro atoms. The Labute approximate surface area is 107 Å². The van der Waals surface area contributed by atoms with E-state index in [0.29, 0.717) is 24.3 Å². The molecule has 4 heteroatoms. The largest absolute Gasteiger partial charge is 0.387 e. The molecule has 98 valence electrons. The van der Waals surface area contributed by atoms with Gasteiger partial charge in [0, 0.05) is 6.42 Å². The highest BCUT2D eigenvalue weighted by Crippen LogP contribution is 2.38. The van der Waals surface area contributed by atoms with E-state index in [0.717, 1.165) is 12.8 Å². The highest BCUT2D eigenvalue weighted by atomic mass is 35.5. The fraction of sp³-hybridized carbons (Fsp3) is 0.692. The van der Waals surface area contributed by atoms with E-state index in [1.54, 1.807) is 0 Å². The van der Waals surface area contributed by atoms with Gasteiger partial charge in [0.15, 0.2) is 17.4 Å². The molecule has 1 aliphatic carbocycles. The van der Waals surface area contributed by atoms with Crippen LogP contribution in [-0.4, -0.2) is 0 Å². The molecule has 0 radical (unpaired) electrons. The molecule has 1 aliphatic rings. The smallest absolute Gasteiger partial charge is 0.198 e. The van der Waals surface area contributed by atoms with Crippen molar-refractivity contribution >= 4 is 11.9 Å². The van der Waals surface area contributed by atoms with Gasteiger partial charge in [0.05, 0.1) is 0 Å². The van der Waals surface area contributed by atoms with Gasteiger partial charge in [-0.1, -0.05) is 27.2 Å². The molecule has 1 nitrogen and oxygen atoms in total. The number of hydrogen-bond donors (Lipinski definition) is 0. The van der Waals surface area contributed by atoms with Crippen molar-refractivity contribution in [2.45, 2.75) is 46.5 Å². The first-order valence-electron chi connectivity index (χ1n) is 6.03. The average Bonchev–Trinajstić information content (AvgIpc) is 2.29. The quantitative estimate of drug-likeness (QED) is 0.643. The fourth-order valence-electron chi connectivity index (χ4n) is 2.02. The fourth-order valence-corrected chi connectivity index (χ4v) is 2.17. The minimum atomic E-state index is -0.933. The minimum Gasteiger partial charge on any atom is -0.387 e. The number of hydrogen-bond acceptors (Lipinski definition) is 1. The zero-order valence-electron chi connectivity index (χ0n) is 10.5. The van der Waals surface area contributed by atoms with E-state index in [1.807, 2.05) is 6.92 Å². The molecule has 0 amide bonds. The van der Waals surface area contributed by atoms with E-state index in [2.05, 4.69) is 18.1 Å². The molecule has 0 N–H and O–H groups in total. The van der Waals surface area contributed by atoms with Crippen LogP contribution in [0, 0.1) is 11.8 Å². The monoisotopic (exact) mass is 264 g/mol. The second kappa shape index (κ2) is 6.39. The first-order valence-corrected chi connectivity index (χ1v) is 6.34. The second-order valence-electron chi connectivity index (χ2n) is 5.03. The van der Waals surface area contributed by atoms with Crippen molar-refractivity contribution in [3.63, 3.8) is 0 Å². The molecule has 0 saturated carbocycles. The highest BCUT2D eigenvalue weighted by Gasteiger charge is 2.26. The summed E-state index contributed by atoms with van der Waals surface area (Å²) in [6, 6.07) is 0. The topological polar surface area (TPSA) is 9.23 Å². The van der Waals surface area contributed by atoms with Crippen LogP contribution in [0.15, 0.2) is 23.0 Å². The van der Waals surface area contributed by atoms with Gasteiger partial charge in [-0.2, -0.15) is 4.39 Å². The molecule has 0 bridgehead atoms. The van der Waals surface area contributed by atoms with Crippen molar-refractivity contribution in [3.05, 3.63) is 23.0 Å². The first-order chi connectivity index (χ1) is 7.97. The van der Waals surface area contributed by atoms with Crippen LogP contribution >= 0.6 is 11.9 Å². The van der Waals surface area contributed by atoms with Crippen molar-refractivity contribution in [1.29, 1.82) is 0 Å². The summed E-state index contributed by atoms with van der Waals surface area (Å²) in [7, 11) is 0. The van der Waals surface area contributed by atoms with Crippen molar-refractivity contribution in [2.75, 3.05) is 0 Å². The average molecular weight is 265 g/mol. The molecule has 0 aromatic carbocycles. The Bertz CT molecular complexity index is 334. The van der Waals surface area contributed by atoms with Crippen molar-refractivity contribution in [2.24, 2.45) is 11.8 Å². The Hall–Kier alpha value is -0.570. The highest BCUT2D eigenvalue weighted by molar-refractivity contribution is 6.08. The molecule has 0 aromatic heterocycles. The third kappa shape index (κ3) is 3.70. The van der Waals surface area contributed by atoms with Gasteiger partial charge in [-0.3, -0.25) is 0 Å². The van der Waals surface area contributed by atoms with Crippen molar-refractivity contribution < 1.29 is 13.1 Å². The van der Waals surface area contributed by atoms with Crippen LogP contribution in [0.3, 0.4) is 0 Å². The number of halogens is 3. The van der Waals surface area contributed by atoms with Gasteiger partial charge in [-0.05, 0) is 30.3 Å². The van der Waals surface area contributed by atoms with Gasteiger partial charge in [-0.25, -0.2) is 4.39 Å². The Morgan fingerprint density at radius 1 is 1.12 bits per heavy atom. The van der Waals surface area contributed by atoms with Crippen molar-refractivity contribution in [1.82, 2.24) is 0 Å². The third-order valence-electron chi connectivity index (χ3n) is 3.21. The van der Waals surface area contributed by atoms with Gasteiger partial charge in [0.1, 0.15) is 11.9 Å². The predicted molar refractivity (Wildman–Crippen MR) is 65.7 cm³/mol. The van der Waals surface area contributed by atoms with Crippen molar-refractivity contribution in [3.8, 4) is 0 Å². The zero-order valence-corrected chi connectivity index (χ0v) is 11.3. The van der Waals surface area contributed by atoms with Gasteiger partial charge in [0.25, 0.3) is 0 Å². The Kier molecular flexibility index (Phi) is 5.44. The zero-order chi connectivity index (χ0) is 13.0. The molecule has 1 unspecified atom stereocenters. The Balaban J connectivity index is 2.77. The lowest BCUT2D eigenvalue weighted by molar-refractivity contribution is 0.369. The Morgan fingerprint density at radius 2 is 1.76 bits per heavy atom. The molecule has 0 saturated heterocycles. The first kappa shape index (κ1) is 14.5. The van der Waals surface area contributed by atoms with Gasteiger partial charge >= 0.3 is 0 Å². The molecule has 0 aromatic rings. The Morgan fingerprint density at radius 3 is 2.29 bits per heavy atom. The van der Waals surface area contributed by atoms with E-state index in [-0.39, 0.29) is 11.7 Å². The second-order valence-corrected chi connectivity index (χ2v) is 5.18. The molecular formula is C13H19ClF2O.